The maximum atomic E-state index is 4.34. The molecule has 2 rings (SSSR count). The summed E-state index contributed by atoms with van der Waals surface area (Å²) in [4.78, 5) is 4.34. The first-order valence-electron chi connectivity index (χ1n) is 4.73. The van der Waals surface area contributed by atoms with Crippen molar-refractivity contribution in [2.24, 2.45) is 5.92 Å². The number of nitrogens with zero attached hydrogens (tertiary/aromatic N) is 1. The summed E-state index contributed by atoms with van der Waals surface area (Å²) in [5.41, 5.74) is 1.17. The highest BCUT2D eigenvalue weighted by atomic mass is 79.9. The van der Waals surface area contributed by atoms with E-state index in [0.29, 0.717) is 0 Å². The fourth-order valence-corrected chi connectivity index (χ4v) is 2.59. The minimum atomic E-state index is 0.885. The van der Waals surface area contributed by atoms with Gasteiger partial charge in [-0.15, -0.1) is 0 Å². The van der Waals surface area contributed by atoms with Gasteiger partial charge < -0.3 is 5.32 Å². The number of hydrogen-bond donors (Lipinski definition) is 1. The van der Waals surface area contributed by atoms with Gasteiger partial charge in [0.1, 0.15) is 0 Å². The number of hydrogen-bond acceptors (Lipinski definition) is 3. The Morgan fingerprint density at radius 3 is 2.93 bits per heavy atom. The van der Waals surface area contributed by atoms with Crippen LogP contribution in [0.1, 0.15) is 5.69 Å². The van der Waals surface area contributed by atoms with Crippen molar-refractivity contribution in [3.05, 3.63) is 28.5 Å². The van der Waals surface area contributed by atoms with Crippen LogP contribution < -0.4 is 5.32 Å². The minimum absolute atomic E-state index is 0.885. The standard InChI is InChI=1S/C10H13BrN2S/c11-9-1-2-10(13-5-9)7-14-6-8-3-12-4-8/h1-2,5,8,12H,3-4,6-7H2. The smallest absolute Gasteiger partial charge is 0.0503 e. The topological polar surface area (TPSA) is 24.9 Å². The molecule has 1 N–H and O–H groups in total. The maximum absolute atomic E-state index is 4.34. The van der Waals surface area contributed by atoms with Crippen LogP contribution in [0, 0.1) is 5.92 Å². The quantitative estimate of drug-likeness (QED) is 0.911. The van der Waals surface area contributed by atoms with E-state index in [0.717, 1.165) is 16.1 Å². The fraction of sp³-hybridized carbons (Fsp3) is 0.500. The van der Waals surface area contributed by atoms with E-state index in [1.807, 2.05) is 24.0 Å². The zero-order chi connectivity index (χ0) is 9.80. The maximum Gasteiger partial charge on any atom is 0.0503 e. The Labute approximate surface area is 97.0 Å². The highest BCUT2D eigenvalue weighted by molar-refractivity contribution is 9.10. The summed E-state index contributed by atoms with van der Waals surface area (Å²) in [6, 6.07) is 4.13. The van der Waals surface area contributed by atoms with Gasteiger partial charge in [-0.05, 0) is 52.8 Å². The molecular formula is C10H13BrN2S. The average Bonchev–Trinajstić information content (AvgIpc) is 2.12. The van der Waals surface area contributed by atoms with Gasteiger partial charge in [-0.2, -0.15) is 11.8 Å². The molecule has 0 bridgehead atoms. The monoisotopic (exact) mass is 272 g/mol. The molecule has 1 aromatic heterocycles. The minimum Gasteiger partial charge on any atom is -0.316 e. The number of pyridine rings is 1. The van der Waals surface area contributed by atoms with Crippen LogP contribution in [0.2, 0.25) is 0 Å². The Balaban J connectivity index is 1.71. The van der Waals surface area contributed by atoms with Crippen LogP contribution in [0.25, 0.3) is 0 Å². The lowest BCUT2D eigenvalue weighted by Gasteiger charge is -2.26. The first-order chi connectivity index (χ1) is 6.84. The van der Waals surface area contributed by atoms with E-state index in [1.165, 1.54) is 24.5 Å². The molecule has 0 spiro atoms. The Morgan fingerprint density at radius 1 is 1.50 bits per heavy atom. The fourth-order valence-electron chi connectivity index (χ4n) is 1.29. The second kappa shape index (κ2) is 5.14. The van der Waals surface area contributed by atoms with Gasteiger partial charge in [-0.25, -0.2) is 0 Å². The normalized spacial score (nSPS) is 16.6. The number of halogens is 1. The molecule has 2 nitrogen and oxygen atoms in total. The third-order valence-corrected chi connectivity index (χ3v) is 3.93. The molecule has 0 radical (unpaired) electrons. The Hall–Kier alpha value is -0.0600. The van der Waals surface area contributed by atoms with E-state index in [1.54, 1.807) is 0 Å². The summed E-state index contributed by atoms with van der Waals surface area (Å²) < 4.78 is 1.05. The molecular weight excluding hydrogens is 260 g/mol. The lowest BCUT2D eigenvalue weighted by molar-refractivity contribution is 0.385. The summed E-state index contributed by atoms with van der Waals surface area (Å²) >= 11 is 5.36. The molecule has 76 valence electrons. The third-order valence-electron chi connectivity index (χ3n) is 2.26. The van der Waals surface area contributed by atoms with Crippen molar-refractivity contribution in [3.8, 4) is 0 Å². The lowest BCUT2D eigenvalue weighted by atomic mass is 10.1. The first-order valence-corrected chi connectivity index (χ1v) is 6.68. The highest BCUT2D eigenvalue weighted by Crippen LogP contribution is 2.17. The Kier molecular flexibility index (Phi) is 3.84. The number of rotatable bonds is 4. The number of thioether (sulfide) groups is 1. The summed E-state index contributed by atoms with van der Waals surface area (Å²) in [7, 11) is 0. The third kappa shape index (κ3) is 2.97. The van der Waals surface area contributed by atoms with Crippen LogP contribution >= 0.6 is 27.7 Å². The SMILES string of the molecule is Brc1ccc(CSCC2CNC2)nc1. The van der Waals surface area contributed by atoms with Gasteiger partial charge in [-0.3, -0.25) is 4.98 Å². The Morgan fingerprint density at radius 2 is 2.36 bits per heavy atom. The van der Waals surface area contributed by atoms with Crippen molar-refractivity contribution in [3.63, 3.8) is 0 Å². The van der Waals surface area contributed by atoms with Crippen LogP contribution in [-0.2, 0) is 5.75 Å². The van der Waals surface area contributed by atoms with E-state index < -0.39 is 0 Å². The Bertz CT molecular complexity index is 285. The van der Waals surface area contributed by atoms with Gasteiger partial charge in [0.25, 0.3) is 0 Å². The van der Waals surface area contributed by atoms with Crippen molar-refractivity contribution in [2.75, 3.05) is 18.8 Å². The van der Waals surface area contributed by atoms with Crippen LogP contribution in [0.15, 0.2) is 22.8 Å². The molecule has 0 aromatic carbocycles. The van der Waals surface area contributed by atoms with Crippen LogP contribution in [-0.4, -0.2) is 23.8 Å². The van der Waals surface area contributed by atoms with Crippen LogP contribution in [0.5, 0.6) is 0 Å². The van der Waals surface area contributed by atoms with Crippen molar-refractivity contribution < 1.29 is 0 Å². The molecule has 0 amide bonds. The summed E-state index contributed by atoms with van der Waals surface area (Å²) in [6.07, 6.45) is 1.86. The predicted molar refractivity (Wildman–Crippen MR) is 64.5 cm³/mol. The zero-order valence-corrected chi connectivity index (χ0v) is 10.3. The molecule has 0 atom stereocenters. The van der Waals surface area contributed by atoms with E-state index >= 15 is 0 Å². The molecule has 1 aromatic rings. The van der Waals surface area contributed by atoms with Crippen molar-refractivity contribution in [2.45, 2.75) is 5.75 Å². The van der Waals surface area contributed by atoms with Crippen LogP contribution in [0.4, 0.5) is 0 Å². The van der Waals surface area contributed by atoms with Crippen molar-refractivity contribution in [1.82, 2.24) is 10.3 Å². The van der Waals surface area contributed by atoms with E-state index in [-0.39, 0.29) is 0 Å². The molecule has 1 saturated heterocycles. The van der Waals surface area contributed by atoms with E-state index in [4.69, 9.17) is 0 Å². The van der Waals surface area contributed by atoms with E-state index in [2.05, 4.69) is 32.3 Å². The lowest BCUT2D eigenvalue weighted by Crippen LogP contribution is -2.43. The van der Waals surface area contributed by atoms with Gasteiger partial charge in [-0.1, -0.05) is 0 Å². The second-order valence-electron chi connectivity index (χ2n) is 3.51. The molecule has 1 fully saturated rings. The predicted octanol–water partition coefficient (Wildman–Crippen LogP) is 2.30. The van der Waals surface area contributed by atoms with Gasteiger partial charge in [0, 0.05) is 16.4 Å². The molecule has 4 heteroatoms. The first kappa shape index (κ1) is 10.5. The zero-order valence-electron chi connectivity index (χ0n) is 7.87. The van der Waals surface area contributed by atoms with Gasteiger partial charge in [0.15, 0.2) is 0 Å². The largest absolute Gasteiger partial charge is 0.316 e. The summed E-state index contributed by atoms with van der Waals surface area (Å²) in [5, 5.41) is 3.28. The number of aromatic nitrogens is 1. The van der Waals surface area contributed by atoms with Crippen molar-refractivity contribution in [1.29, 1.82) is 0 Å². The highest BCUT2D eigenvalue weighted by Gasteiger charge is 2.15. The molecule has 2 heterocycles. The van der Waals surface area contributed by atoms with E-state index in [9.17, 15) is 0 Å². The molecule has 1 aliphatic rings. The van der Waals surface area contributed by atoms with Crippen molar-refractivity contribution >= 4 is 27.7 Å². The average molecular weight is 273 g/mol. The summed E-state index contributed by atoms with van der Waals surface area (Å²) in [6.45, 7) is 2.39. The van der Waals surface area contributed by atoms with Crippen LogP contribution in [0.3, 0.4) is 0 Å². The summed E-state index contributed by atoms with van der Waals surface area (Å²) in [5.74, 6) is 3.17. The molecule has 0 unspecified atom stereocenters. The molecule has 1 aliphatic heterocycles. The number of nitrogens with one attached hydrogen (secondary N) is 1. The molecule has 0 aliphatic carbocycles. The second-order valence-corrected chi connectivity index (χ2v) is 5.45. The van der Waals surface area contributed by atoms with Gasteiger partial charge >= 0.3 is 0 Å². The molecule has 0 saturated carbocycles. The van der Waals surface area contributed by atoms with Gasteiger partial charge in [0.2, 0.25) is 0 Å². The van der Waals surface area contributed by atoms with Gasteiger partial charge in [0.05, 0.1) is 5.69 Å². The molecule has 14 heavy (non-hydrogen) atoms.